The monoisotopic (exact) mass is 272 g/mol. The first kappa shape index (κ1) is 12.8. The highest BCUT2D eigenvalue weighted by molar-refractivity contribution is 6.30. The molecule has 1 aromatic heterocycles. The summed E-state index contributed by atoms with van der Waals surface area (Å²) in [5.74, 6) is -3.64. The van der Waals surface area contributed by atoms with E-state index in [0.29, 0.717) is 6.54 Å². The van der Waals surface area contributed by atoms with E-state index < -0.39 is 23.5 Å². The average Bonchev–Trinajstić information content (AvgIpc) is 2.32. The largest absolute Gasteiger partial charge is 0.481 e. The van der Waals surface area contributed by atoms with Gasteiger partial charge in [-0.1, -0.05) is 11.6 Å². The molecule has 1 aliphatic rings. The number of halogens is 2. The maximum absolute atomic E-state index is 13.3. The van der Waals surface area contributed by atoms with Crippen molar-refractivity contribution >= 4 is 29.2 Å². The van der Waals surface area contributed by atoms with Gasteiger partial charge in [0.1, 0.15) is 11.7 Å². The lowest BCUT2D eigenvalue weighted by atomic mass is 9.93. The van der Waals surface area contributed by atoms with Crippen molar-refractivity contribution < 1.29 is 19.1 Å². The lowest BCUT2D eigenvalue weighted by Crippen LogP contribution is -2.43. The molecule has 18 heavy (non-hydrogen) atoms. The summed E-state index contributed by atoms with van der Waals surface area (Å²) in [5, 5.41) is 8.66. The first-order chi connectivity index (χ1) is 8.45. The van der Waals surface area contributed by atoms with Crippen molar-refractivity contribution in [2.45, 2.75) is 6.92 Å². The predicted octanol–water partition coefficient (Wildman–Crippen LogP) is 1.60. The van der Waals surface area contributed by atoms with Crippen LogP contribution in [0.5, 0.6) is 0 Å². The van der Waals surface area contributed by atoms with Crippen LogP contribution in [0.4, 0.5) is 10.2 Å². The number of Topliss-reactive ketones (excluding diaryl/α,β-unsaturated/α-hetero) is 1. The van der Waals surface area contributed by atoms with Crippen molar-refractivity contribution in [3.05, 3.63) is 22.6 Å². The first-order valence-corrected chi connectivity index (χ1v) is 5.71. The third-order valence-electron chi connectivity index (χ3n) is 2.88. The maximum Gasteiger partial charge on any atom is 0.316 e. The van der Waals surface area contributed by atoms with Gasteiger partial charge >= 0.3 is 5.97 Å². The average molecular weight is 273 g/mol. The number of anilines is 1. The summed E-state index contributed by atoms with van der Waals surface area (Å²) in [4.78, 5) is 28.3. The molecule has 0 saturated heterocycles. The Balaban J connectivity index is 2.57. The fraction of sp³-hybridized carbons (Fsp3) is 0.364. The molecule has 1 atom stereocenters. The molecule has 0 bridgehead atoms. The lowest BCUT2D eigenvalue weighted by molar-refractivity contribution is -0.139. The maximum atomic E-state index is 13.3. The summed E-state index contributed by atoms with van der Waals surface area (Å²) in [5.41, 5.74) is -0.0302. The number of hydrogen-bond acceptors (Lipinski definition) is 4. The summed E-state index contributed by atoms with van der Waals surface area (Å²) >= 11 is 5.57. The van der Waals surface area contributed by atoms with Crippen LogP contribution in [0.25, 0.3) is 0 Å². The smallest absolute Gasteiger partial charge is 0.316 e. The van der Waals surface area contributed by atoms with E-state index in [-0.39, 0.29) is 23.1 Å². The predicted molar refractivity (Wildman–Crippen MR) is 62.5 cm³/mol. The Labute approximate surface area is 107 Å². The van der Waals surface area contributed by atoms with Crippen molar-refractivity contribution in [1.29, 1.82) is 0 Å². The molecule has 1 aromatic rings. The number of nitrogens with zero attached hydrogens (tertiary/aromatic N) is 2. The van der Waals surface area contributed by atoms with Crippen LogP contribution in [0.15, 0.2) is 6.07 Å². The summed E-state index contributed by atoms with van der Waals surface area (Å²) < 4.78 is 13.3. The van der Waals surface area contributed by atoms with Gasteiger partial charge in [-0.25, -0.2) is 9.37 Å². The molecule has 0 fully saturated rings. The van der Waals surface area contributed by atoms with E-state index in [0.717, 1.165) is 6.07 Å². The minimum absolute atomic E-state index is 0.0205. The van der Waals surface area contributed by atoms with Crippen LogP contribution in [0.1, 0.15) is 17.3 Å². The first-order valence-electron chi connectivity index (χ1n) is 5.33. The molecule has 1 N–H and O–H groups in total. The SMILES string of the molecule is CCN1CC(C(=O)O)C(=O)c2cc(F)c(Cl)nc21. The lowest BCUT2D eigenvalue weighted by Gasteiger charge is -2.31. The van der Waals surface area contributed by atoms with Gasteiger partial charge in [0.2, 0.25) is 0 Å². The quantitative estimate of drug-likeness (QED) is 0.654. The number of aliphatic carboxylic acids is 1. The number of rotatable bonds is 2. The number of fused-ring (bicyclic) bond motifs is 1. The van der Waals surface area contributed by atoms with Crippen molar-refractivity contribution in [2.24, 2.45) is 5.92 Å². The molecule has 7 heteroatoms. The zero-order chi connectivity index (χ0) is 13.4. The van der Waals surface area contributed by atoms with E-state index in [1.807, 2.05) is 0 Å². The molecule has 0 amide bonds. The van der Waals surface area contributed by atoms with E-state index in [1.54, 1.807) is 11.8 Å². The third-order valence-corrected chi connectivity index (χ3v) is 3.14. The molecule has 0 radical (unpaired) electrons. The van der Waals surface area contributed by atoms with Crippen LogP contribution in [0, 0.1) is 11.7 Å². The topological polar surface area (TPSA) is 70.5 Å². The van der Waals surface area contributed by atoms with Gasteiger partial charge in [0.15, 0.2) is 16.8 Å². The summed E-state index contributed by atoms with van der Waals surface area (Å²) in [6, 6.07) is 0.949. The van der Waals surface area contributed by atoms with Crippen LogP contribution in [0.3, 0.4) is 0 Å². The van der Waals surface area contributed by atoms with Gasteiger partial charge in [-0.3, -0.25) is 9.59 Å². The molecule has 2 rings (SSSR count). The van der Waals surface area contributed by atoms with Gasteiger partial charge in [0.05, 0.1) is 5.56 Å². The van der Waals surface area contributed by atoms with Crippen molar-refractivity contribution in [1.82, 2.24) is 4.98 Å². The highest BCUT2D eigenvalue weighted by Gasteiger charge is 2.37. The Morgan fingerprint density at radius 3 is 2.94 bits per heavy atom. The van der Waals surface area contributed by atoms with Gasteiger partial charge < -0.3 is 10.0 Å². The Kier molecular flexibility index (Phi) is 3.21. The van der Waals surface area contributed by atoms with Crippen molar-refractivity contribution in [3.8, 4) is 0 Å². The van der Waals surface area contributed by atoms with Crippen molar-refractivity contribution in [2.75, 3.05) is 18.0 Å². The van der Waals surface area contributed by atoms with E-state index in [2.05, 4.69) is 4.98 Å². The number of ketones is 1. The minimum atomic E-state index is -1.22. The molecule has 0 aliphatic carbocycles. The zero-order valence-electron chi connectivity index (χ0n) is 9.48. The van der Waals surface area contributed by atoms with E-state index in [4.69, 9.17) is 16.7 Å². The normalized spacial score (nSPS) is 18.7. The Morgan fingerprint density at radius 1 is 1.72 bits per heavy atom. The molecule has 5 nitrogen and oxygen atoms in total. The molecule has 96 valence electrons. The zero-order valence-corrected chi connectivity index (χ0v) is 10.2. The highest BCUT2D eigenvalue weighted by atomic mass is 35.5. The van der Waals surface area contributed by atoms with Gasteiger partial charge in [-0.05, 0) is 13.0 Å². The molecule has 0 saturated carbocycles. The number of pyridine rings is 1. The van der Waals surface area contributed by atoms with Crippen LogP contribution in [-0.2, 0) is 4.79 Å². The second-order valence-electron chi connectivity index (χ2n) is 3.93. The summed E-state index contributed by atoms with van der Waals surface area (Å²) in [7, 11) is 0. The summed E-state index contributed by atoms with van der Waals surface area (Å²) in [6.07, 6.45) is 0. The van der Waals surface area contributed by atoms with Crippen LogP contribution in [-0.4, -0.2) is 34.9 Å². The van der Waals surface area contributed by atoms with Gasteiger partial charge in [-0.2, -0.15) is 0 Å². The Morgan fingerprint density at radius 2 is 2.39 bits per heavy atom. The molecule has 2 heterocycles. The number of hydrogen-bond donors (Lipinski definition) is 1. The number of aromatic nitrogens is 1. The fourth-order valence-corrected chi connectivity index (χ4v) is 2.06. The second kappa shape index (κ2) is 4.53. The Hall–Kier alpha value is -1.69. The highest BCUT2D eigenvalue weighted by Crippen LogP contribution is 2.30. The summed E-state index contributed by atoms with van der Waals surface area (Å²) in [6.45, 7) is 2.27. The second-order valence-corrected chi connectivity index (χ2v) is 4.28. The minimum Gasteiger partial charge on any atom is -0.481 e. The van der Waals surface area contributed by atoms with E-state index in [1.165, 1.54) is 0 Å². The molecule has 1 unspecified atom stereocenters. The van der Waals surface area contributed by atoms with Crippen LogP contribution >= 0.6 is 11.6 Å². The Bertz CT molecular complexity index is 535. The van der Waals surface area contributed by atoms with E-state index in [9.17, 15) is 14.0 Å². The standard InChI is InChI=1S/C11H10ClFN2O3/c1-2-15-4-6(11(17)18)8(16)5-3-7(13)9(12)14-10(5)15/h3,6H,2,4H2,1H3,(H,17,18). The third kappa shape index (κ3) is 1.92. The van der Waals surface area contributed by atoms with E-state index >= 15 is 0 Å². The number of carbonyl (C=O) groups excluding carboxylic acids is 1. The molecule has 1 aliphatic heterocycles. The van der Waals surface area contributed by atoms with Gasteiger partial charge in [-0.15, -0.1) is 0 Å². The number of carbonyl (C=O) groups is 2. The molecule has 0 aromatic carbocycles. The van der Waals surface area contributed by atoms with Crippen LogP contribution < -0.4 is 4.90 Å². The molecule has 0 spiro atoms. The molecular formula is C11H10ClFN2O3. The van der Waals surface area contributed by atoms with Gasteiger partial charge in [0, 0.05) is 13.1 Å². The number of carboxylic acid groups (broad SMARTS) is 1. The van der Waals surface area contributed by atoms with Gasteiger partial charge in [0.25, 0.3) is 0 Å². The van der Waals surface area contributed by atoms with Crippen LogP contribution in [0.2, 0.25) is 5.15 Å². The fourth-order valence-electron chi connectivity index (χ4n) is 1.93. The van der Waals surface area contributed by atoms with Crippen molar-refractivity contribution in [3.63, 3.8) is 0 Å². The molecular weight excluding hydrogens is 263 g/mol. The number of carboxylic acids is 1.